The van der Waals surface area contributed by atoms with E-state index in [-0.39, 0.29) is 17.4 Å². The molecule has 4 heteroatoms. The van der Waals surface area contributed by atoms with Gasteiger partial charge in [-0.2, -0.15) is 0 Å². The molecule has 1 fully saturated rings. The average molecular weight is 247 g/mol. The molecular weight excluding hydrogens is 230 g/mol. The minimum atomic E-state index is -0.937. The van der Waals surface area contributed by atoms with Crippen molar-refractivity contribution in [3.63, 3.8) is 0 Å². The van der Waals surface area contributed by atoms with Crippen LogP contribution < -0.4 is 5.32 Å². The van der Waals surface area contributed by atoms with Crippen molar-refractivity contribution in [1.29, 1.82) is 0 Å². The Morgan fingerprint density at radius 1 is 1.33 bits per heavy atom. The molecule has 1 unspecified atom stereocenters. The van der Waals surface area contributed by atoms with Gasteiger partial charge in [0.05, 0.1) is 5.56 Å². The maximum atomic E-state index is 11.8. The Morgan fingerprint density at radius 3 is 2.44 bits per heavy atom. The van der Waals surface area contributed by atoms with Crippen LogP contribution in [-0.2, 0) is 11.3 Å². The minimum Gasteiger partial charge on any atom is -0.478 e. The van der Waals surface area contributed by atoms with Gasteiger partial charge in [0.2, 0.25) is 5.91 Å². The topological polar surface area (TPSA) is 66.4 Å². The molecule has 0 heterocycles. The zero-order valence-electron chi connectivity index (χ0n) is 10.3. The summed E-state index contributed by atoms with van der Waals surface area (Å²) < 4.78 is 0. The van der Waals surface area contributed by atoms with Gasteiger partial charge in [-0.3, -0.25) is 4.79 Å². The smallest absolute Gasteiger partial charge is 0.335 e. The standard InChI is InChI=1S/C14H17NO3/c1-9(11-6-7-11)13(16)15-8-10-2-4-12(5-3-10)14(17)18/h2-5,9,11H,6-8H2,1H3,(H,15,16)(H,17,18). The third-order valence-corrected chi connectivity index (χ3v) is 3.41. The number of rotatable bonds is 5. The number of nitrogens with one attached hydrogen (secondary N) is 1. The fourth-order valence-corrected chi connectivity index (χ4v) is 1.93. The van der Waals surface area contributed by atoms with Gasteiger partial charge in [-0.15, -0.1) is 0 Å². The summed E-state index contributed by atoms with van der Waals surface area (Å²) >= 11 is 0. The van der Waals surface area contributed by atoms with Gasteiger partial charge >= 0.3 is 5.97 Å². The lowest BCUT2D eigenvalue weighted by molar-refractivity contribution is -0.125. The van der Waals surface area contributed by atoms with E-state index in [0.29, 0.717) is 12.5 Å². The molecule has 1 atom stereocenters. The average Bonchev–Trinajstić information content (AvgIpc) is 3.19. The van der Waals surface area contributed by atoms with E-state index >= 15 is 0 Å². The van der Waals surface area contributed by atoms with Gasteiger partial charge < -0.3 is 10.4 Å². The minimum absolute atomic E-state index is 0.0832. The van der Waals surface area contributed by atoms with Crippen molar-refractivity contribution < 1.29 is 14.7 Å². The zero-order valence-corrected chi connectivity index (χ0v) is 10.3. The van der Waals surface area contributed by atoms with Crippen molar-refractivity contribution in [1.82, 2.24) is 5.32 Å². The third-order valence-electron chi connectivity index (χ3n) is 3.41. The highest BCUT2D eigenvalue weighted by atomic mass is 16.4. The molecule has 1 aliphatic carbocycles. The highest BCUT2D eigenvalue weighted by molar-refractivity contribution is 5.87. The second-order valence-electron chi connectivity index (χ2n) is 4.85. The van der Waals surface area contributed by atoms with Crippen LogP contribution in [0.1, 0.15) is 35.7 Å². The van der Waals surface area contributed by atoms with Crippen LogP contribution >= 0.6 is 0 Å². The van der Waals surface area contributed by atoms with Gasteiger partial charge in [-0.05, 0) is 36.5 Å². The first-order valence-electron chi connectivity index (χ1n) is 6.18. The van der Waals surface area contributed by atoms with E-state index in [0.717, 1.165) is 18.4 Å². The number of carboxylic acid groups (broad SMARTS) is 1. The van der Waals surface area contributed by atoms with E-state index in [4.69, 9.17) is 5.11 Å². The molecule has 0 radical (unpaired) electrons. The lowest BCUT2D eigenvalue weighted by Gasteiger charge is -2.11. The van der Waals surface area contributed by atoms with E-state index in [1.54, 1.807) is 24.3 Å². The molecule has 1 aliphatic rings. The van der Waals surface area contributed by atoms with Gasteiger partial charge in [0.15, 0.2) is 0 Å². The Kier molecular flexibility index (Phi) is 3.65. The Labute approximate surface area is 106 Å². The number of carbonyl (C=O) groups is 2. The predicted molar refractivity (Wildman–Crippen MR) is 67.1 cm³/mol. The van der Waals surface area contributed by atoms with Gasteiger partial charge in [0.1, 0.15) is 0 Å². The Balaban J connectivity index is 1.85. The molecule has 2 rings (SSSR count). The quantitative estimate of drug-likeness (QED) is 0.836. The molecule has 1 aromatic carbocycles. The van der Waals surface area contributed by atoms with Crippen molar-refractivity contribution in [3.05, 3.63) is 35.4 Å². The van der Waals surface area contributed by atoms with Crippen LogP contribution in [0.5, 0.6) is 0 Å². The first-order chi connectivity index (χ1) is 8.58. The Morgan fingerprint density at radius 2 is 1.94 bits per heavy atom. The van der Waals surface area contributed by atoms with E-state index in [1.165, 1.54) is 0 Å². The largest absolute Gasteiger partial charge is 0.478 e. The number of carbonyl (C=O) groups excluding carboxylic acids is 1. The first kappa shape index (κ1) is 12.6. The summed E-state index contributed by atoms with van der Waals surface area (Å²) in [5, 5.41) is 11.6. The molecule has 0 aromatic heterocycles. The highest BCUT2D eigenvalue weighted by Crippen LogP contribution is 2.36. The SMILES string of the molecule is CC(C(=O)NCc1ccc(C(=O)O)cc1)C1CC1. The van der Waals surface area contributed by atoms with E-state index in [1.807, 2.05) is 6.92 Å². The van der Waals surface area contributed by atoms with Crippen LogP contribution in [0.25, 0.3) is 0 Å². The molecule has 18 heavy (non-hydrogen) atoms. The van der Waals surface area contributed by atoms with E-state index in [9.17, 15) is 9.59 Å². The molecule has 0 spiro atoms. The summed E-state index contributed by atoms with van der Waals surface area (Å²) in [6, 6.07) is 6.55. The molecule has 4 nitrogen and oxygen atoms in total. The number of aromatic carboxylic acids is 1. The van der Waals surface area contributed by atoms with Crippen LogP contribution in [-0.4, -0.2) is 17.0 Å². The number of hydrogen-bond acceptors (Lipinski definition) is 2. The molecular formula is C14H17NO3. The fourth-order valence-electron chi connectivity index (χ4n) is 1.93. The summed E-state index contributed by atoms with van der Waals surface area (Å²) in [6.07, 6.45) is 2.31. The summed E-state index contributed by atoms with van der Waals surface area (Å²) in [7, 11) is 0. The van der Waals surface area contributed by atoms with Crippen LogP contribution in [0.15, 0.2) is 24.3 Å². The summed E-state index contributed by atoms with van der Waals surface area (Å²) in [5.74, 6) is -0.213. The monoisotopic (exact) mass is 247 g/mol. The lowest BCUT2D eigenvalue weighted by Crippen LogP contribution is -2.29. The number of amides is 1. The zero-order chi connectivity index (χ0) is 13.1. The van der Waals surface area contributed by atoms with Crippen molar-refractivity contribution >= 4 is 11.9 Å². The van der Waals surface area contributed by atoms with Crippen LogP contribution in [0.3, 0.4) is 0 Å². The molecule has 96 valence electrons. The summed E-state index contributed by atoms with van der Waals surface area (Å²) in [4.78, 5) is 22.4. The van der Waals surface area contributed by atoms with Crippen LogP contribution in [0.4, 0.5) is 0 Å². The molecule has 1 amide bonds. The maximum absolute atomic E-state index is 11.8. The summed E-state index contributed by atoms with van der Waals surface area (Å²) in [6.45, 7) is 2.41. The molecule has 1 saturated carbocycles. The molecule has 1 aromatic rings. The Hall–Kier alpha value is -1.84. The highest BCUT2D eigenvalue weighted by Gasteiger charge is 2.32. The molecule has 2 N–H and O–H groups in total. The van der Waals surface area contributed by atoms with Crippen molar-refractivity contribution in [2.45, 2.75) is 26.3 Å². The second kappa shape index (κ2) is 5.21. The van der Waals surface area contributed by atoms with Crippen LogP contribution in [0.2, 0.25) is 0 Å². The predicted octanol–water partition coefficient (Wildman–Crippen LogP) is 2.05. The molecule has 0 saturated heterocycles. The van der Waals surface area contributed by atoms with Crippen molar-refractivity contribution in [3.8, 4) is 0 Å². The fraction of sp³-hybridized carbons (Fsp3) is 0.429. The first-order valence-corrected chi connectivity index (χ1v) is 6.18. The molecule has 0 aliphatic heterocycles. The van der Waals surface area contributed by atoms with Gasteiger partial charge in [0, 0.05) is 12.5 Å². The van der Waals surface area contributed by atoms with Crippen LogP contribution in [0, 0.1) is 11.8 Å². The molecule has 0 bridgehead atoms. The van der Waals surface area contributed by atoms with E-state index in [2.05, 4.69) is 5.32 Å². The normalized spacial score (nSPS) is 16.1. The number of benzene rings is 1. The third kappa shape index (κ3) is 3.09. The van der Waals surface area contributed by atoms with Crippen molar-refractivity contribution in [2.24, 2.45) is 11.8 Å². The number of hydrogen-bond donors (Lipinski definition) is 2. The lowest BCUT2D eigenvalue weighted by atomic mass is 10.1. The maximum Gasteiger partial charge on any atom is 0.335 e. The van der Waals surface area contributed by atoms with Gasteiger partial charge in [0.25, 0.3) is 0 Å². The number of carboxylic acids is 1. The second-order valence-corrected chi connectivity index (χ2v) is 4.85. The van der Waals surface area contributed by atoms with Crippen molar-refractivity contribution in [2.75, 3.05) is 0 Å². The van der Waals surface area contributed by atoms with Gasteiger partial charge in [-0.1, -0.05) is 19.1 Å². The Bertz CT molecular complexity index is 449. The van der Waals surface area contributed by atoms with Gasteiger partial charge in [-0.25, -0.2) is 4.79 Å². The van der Waals surface area contributed by atoms with E-state index < -0.39 is 5.97 Å². The summed E-state index contributed by atoms with van der Waals surface area (Å²) in [5.41, 5.74) is 1.17.